The van der Waals surface area contributed by atoms with E-state index in [0.29, 0.717) is 26.2 Å². The maximum Gasteiger partial charge on any atom is 0.211 e. The Kier molecular flexibility index (Phi) is 4.00. The van der Waals surface area contributed by atoms with Crippen LogP contribution in [0.5, 0.6) is 5.75 Å². The second-order valence-electron chi connectivity index (χ2n) is 5.41. The Labute approximate surface area is 134 Å². The van der Waals surface area contributed by atoms with Gasteiger partial charge in [0.15, 0.2) is 5.13 Å². The first kappa shape index (κ1) is 15.5. The summed E-state index contributed by atoms with van der Waals surface area (Å²) >= 11 is 1.64. The Bertz CT molecular complexity index is 793. The fraction of sp³-hybridized carbons (Fsp3) is 0.500. The van der Waals surface area contributed by atoms with E-state index in [2.05, 4.69) is 11.8 Å². The fourth-order valence-electron chi connectivity index (χ4n) is 2.61. The van der Waals surface area contributed by atoms with E-state index in [9.17, 15) is 8.42 Å². The molecule has 0 saturated carbocycles. The molecule has 0 unspecified atom stereocenters. The van der Waals surface area contributed by atoms with Crippen LogP contribution in [0.1, 0.15) is 5.56 Å². The highest BCUT2D eigenvalue weighted by molar-refractivity contribution is 7.88. The summed E-state index contributed by atoms with van der Waals surface area (Å²) in [6.45, 7) is 4.39. The van der Waals surface area contributed by atoms with E-state index in [1.54, 1.807) is 18.4 Å². The topological polar surface area (TPSA) is 62.7 Å². The Morgan fingerprint density at radius 1 is 1.23 bits per heavy atom. The number of ether oxygens (including phenoxy) is 1. The van der Waals surface area contributed by atoms with Gasteiger partial charge in [-0.25, -0.2) is 13.4 Å². The maximum absolute atomic E-state index is 11.6. The van der Waals surface area contributed by atoms with Crippen molar-refractivity contribution in [3.63, 3.8) is 0 Å². The van der Waals surface area contributed by atoms with Crippen LogP contribution in [-0.2, 0) is 10.0 Å². The number of aromatic nitrogens is 1. The highest BCUT2D eigenvalue weighted by Gasteiger charge is 2.25. The van der Waals surface area contributed by atoms with Crippen molar-refractivity contribution in [3.8, 4) is 5.75 Å². The van der Waals surface area contributed by atoms with Gasteiger partial charge in [-0.05, 0) is 18.6 Å². The molecule has 0 atom stereocenters. The Balaban J connectivity index is 1.88. The smallest absolute Gasteiger partial charge is 0.211 e. The minimum Gasteiger partial charge on any atom is -0.494 e. The molecule has 0 aliphatic carbocycles. The highest BCUT2D eigenvalue weighted by Crippen LogP contribution is 2.36. The van der Waals surface area contributed by atoms with Gasteiger partial charge in [-0.15, -0.1) is 0 Å². The molecule has 0 amide bonds. The zero-order chi connectivity index (χ0) is 15.9. The van der Waals surface area contributed by atoms with Crippen LogP contribution in [0.15, 0.2) is 12.1 Å². The van der Waals surface area contributed by atoms with Crippen LogP contribution in [-0.4, -0.2) is 57.3 Å². The first-order chi connectivity index (χ1) is 10.4. The Morgan fingerprint density at radius 3 is 2.50 bits per heavy atom. The average molecular weight is 341 g/mol. The van der Waals surface area contributed by atoms with Crippen molar-refractivity contribution in [2.75, 3.05) is 44.4 Å². The lowest BCUT2D eigenvalue weighted by Crippen LogP contribution is -2.48. The van der Waals surface area contributed by atoms with E-state index in [4.69, 9.17) is 9.72 Å². The zero-order valence-corrected chi connectivity index (χ0v) is 14.5. The molecule has 0 spiro atoms. The first-order valence-electron chi connectivity index (χ1n) is 7.04. The molecule has 2 heterocycles. The van der Waals surface area contributed by atoms with Gasteiger partial charge in [-0.1, -0.05) is 17.4 Å². The van der Waals surface area contributed by atoms with Crippen LogP contribution in [0.4, 0.5) is 5.13 Å². The number of hydrogen-bond acceptors (Lipinski definition) is 6. The Morgan fingerprint density at radius 2 is 1.91 bits per heavy atom. The van der Waals surface area contributed by atoms with Gasteiger partial charge in [-0.3, -0.25) is 0 Å². The Hall–Kier alpha value is -1.38. The normalized spacial score (nSPS) is 17.1. The summed E-state index contributed by atoms with van der Waals surface area (Å²) < 4.78 is 31.2. The summed E-state index contributed by atoms with van der Waals surface area (Å²) in [6, 6.07) is 3.97. The van der Waals surface area contributed by atoms with Gasteiger partial charge in [0.05, 0.1) is 18.1 Å². The molecule has 3 rings (SSSR count). The molecule has 0 bridgehead atoms. The second-order valence-corrected chi connectivity index (χ2v) is 8.37. The highest BCUT2D eigenvalue weighted by atomic mass is 32.2. The number of anilines is 1. The van der Waals surface area contributed by atoms with E-state index in [1.165, 1.54) is 16.1 Å². The van der Waals surface area contributed by atoms with Crippen molar-refractivity contribution in [2.45, 2.75) is 6.92 Å². The summed E-state index contributed by atoms with van der Waals surface area (Å²) in [5.74, 6) is 0.776. The van der Waals surface area contributed by atoms with Crippen molar-refractivity contribution < 1.29 is 13.2 Å². The van der Waals surface area contributed by atoms with Gasteiger partial charge in [-0.2, -0.15) is 4.31 Å². The van der Waals surface area contributed by atoms with Crippen molar-refractivity contribution in [2.24, 2.45) is 0 Å². The van der Waals surface area contributed by atoms with Crippen LogP contribution in [0.2, 0.25) is 0 Å². The van der Waals surface area contributed by atoms with Crippen molar-refractivity contribution in [1.82, 2.24) is 9.29 Å². The molecule has 1 fully saturated rings. The number of hydrogen-bond donors (Lipinski definition) is 0. The summed E-state index contributed by atoms with van der Waals surface area (Å²) in [6.07, 6.45) is 1.26. The average Bonchev–Trinajstić information content (AvgIpc) is 2.93. The number of nitrogens with zero attached hydrogens (tertiary/aromatic N) is 3. The molecule has 6 nitrogen and oxygen atoms in total. The van der Waals surface area contributed by atoms with Gasteiger partial charge in [0.1, 0.15) is 11.3 Å². The number of sulfonamides is 1. The molecular formula is C14H19N3O3S2. The lowest BCUT2D eigenvalue weighted by Gasteiger charge is -2.32. The molecule has 0 radical (unpaired) electrons. The third-order valence-electron chi connectivity index (χ3n) is 3.89. The SMILES string of the molecule is COc1ccc(C)c2sc(N3CCN(S(C)(=O)=O)CC3)nc12. The lowest BCUT2D eigenvalue weighted by molar-refractivity contribution is 0.388. The standard InChI is InChI=1S/C14H19N3O3S2/c1-10-4-5-11(20-2)12-13(10)21-14(15-12)16-6-8-17(9-7-16)22(3,18)19/h4-5H,6-9H2,1-3H3. The van der Waals surface area contributed by atoms with Gasteiger partial charge >= 0.3 is 0 Å². The summed E-state index contributed by atoms with van der Waals surface area (Å²) in [5.41, 5.74) is 2.06. The predicted molar refractivity (Wildman–Crippen MR) is 89.5 cm³/mol. The van der Waals surface area contributed by atoms with E-state index < -0.39 is 10.0 Å². The van der Waals surface area contributed by atoms with Gasteiger partial charge in [0.25, 0.3) is 0 Å². The number of piperazine rings is 1. The zero-order valence-electron chi connectivity index (χ0n) is 12.9. The number of methoxy groups -OCH3 is 1. The summed E-state index contributed by atoms with van der Waals surface area (Å²) in [4.78, 5) is 6.85. The van der Waals surface area contributed by atoms with Crippen LogP contribution in [0.3, 0.4) is 0 Å². The monoisotopic (exact) mass is 341 g/mol. The molecule has 1 aliphatic rings. The minimum absolute atomic E-state index is 0.505. The number of fused-ring (bicyclic) bond motifs is 1. The molecule has 1 aliphatic heterocycles. The van der Waals surface area contributed by atoms with Crippen molar-refractivity contribution in [3.05, 3.63) is 17.7 Å². The number of rotatable bonds is 3. The maximum atomic E-state index is 11.6. The van der Waals surface area contributed by atoms with E-state index in [-0.39, 0.29) is 0 Å². The second kappa shape index (κ2) is 5.68. The third-order valence-corrected chi connectivity index (χ3v) is 6.44. The predicted octanol–water partition coefficient (Wildman–Crippen LogP) is 1.69. The minimum atomic E-state index is -3.10. The molecule has 8 heteroatoms. The van der Waals surface area contributed by atoms with Crippen LogP contribution >= 0.6 is 11.3 Å². The van der Waals surface area contributed by atoms with Gasteiger partial charge in [0, 0.05) is 26.2 Å². The molecule has 120 valence electrons. The third kappa shape index (κ3) is 2.78. The van der Waals surface area contributed by atoms with Crippen molar-refractivity contribution in [1.29, 1.82) is 0 Å². The quantitative estimate of drug-likeness (QED) is 0.850. The molecule has 2 aromatic rings. The molecule has 1 aromatic heterocycles. The van der Waals surface area contributed by atoms with Gasteiger partial charge in [0.2, 0.25) is 10.0 Å². The first-order valence-corrected chi connectivity index (χ1v) is 9.71. The van der Waals surface area contributed by atoms with E-state index >= 15 is 0 Å². The summed E-state index contributed by atoms with van der Waals surface area (Å²) in [5, 5.41) is 0.927. The molecular weight excluding hydrogens is 322 g/mol. The molecule has 22 heavy (non-hydrogen) atoms. The largest absolute Gasteiger partial charge is 0.494 e. The van der Waals surface area contributed by atoms with Crippen molar-refractivity contribution >= 4 is 36.7 Å². The van der Waals surface area contributed by atoms with Crippen LogP contribution in [0, 0.1) is 6.92 Å². The molecule has 1 aromatic carbocycles. The molecule has 0 N–H and O–H groups in total. The fourth-order valence-corrected chi connectivity index (χ4v) is 4.54. The van der Waals surface area contributed by atoms with Gasteiger partial charge < -0.3 is 9.64 Å². The number of benzene rings is 1. The lowest BCUT2D eigenvalue weighted by atomic mass is 10.2. The molecule has 1 saturated heterocycles. The van der Waals surface area contributed by atoms with Crippen LogP contribution in [0.25, 0.3) is 10.2 Å². The van der Waals surface area contributed by atoms with E-state index in [0.717, 1.165) is 21.1 Å². The summed E-state index contributed by atoms with van der Waals surface area (Å²) in [7, 11) is -1.46. The van der Waals surface area contributed by atoms with Crippen LogP contribution < -0.4 is 9.64 Å². The number of aryl methyl sites for hydroxylation is 1. The van der Waals surface area contributed by atoms with E-state index in [1.807, 2.05) is 12.1 Å². The number of thiazole rings is 1.